The minimum absolute atomic E-state index is 0.598. The summed E-state index contributed by atoms with van der Waals surface area (Å²) in [6.45, 7) is 4.71. The third kappa shape index (κ3) is 2.71. The molecule has 0 saturated carbocycles. The Kier molecular flexibility index (Phi) is 4.13. The van der Waals surface area contributed by atoms with E-state index in [-0.39, 0.29) is 0 Å². The molecule has 0 bridgehead atoms. The van der Waals surface area contributed by atoms with Gasteiger partial charge in [0, 0.05) is 12.2 Å². The van der Waals surface area contributed by atoms with Crippen molar-refractivity contribution in [1.82, 2.24) is 9.88 Å². The SMILES string of the molecule is CCCN1CCCCC1c1ccc(=S)[nH]c1. The maximum absolute atomic E-state index is 5.08. The van der Waals surface area contributed by atoms with Crippen LogP contribution in [0.5, 0.6) is 0 Å². The summed E-state index contributed by atoms with van der Waals surface area (Å²) in [6.07, 6.45) is 7.30. The molecule has 1 saturated heterocycles. The highest BCUT2D eigenvalue weighted by Gasteiger charge is 2.22. The van der Waals surface area contributed by atoms with E-state index in [1.54, 1.807) is 0 Å². The summed E-state index contributed by atoms with van der Waals surface area (Å²) in [5.74, 6) is 0. The highest BCUT2D eigenvalue weighted by molar-refractivity contribution is 7.71. The molecule has 3 heteroatoms. The molecule has 2 heterocycles. The van der Waals surface area contributed by atoms with Crippen LogP contribution in [0.3, 0.4) is 0 Å². The van der Waals surface area contributed by atoms with E-state index < -0.39 is 0 Å². The zero-order valence-corrected chi connectivity index (χ0v) is 10.7. The fraction of sp³-hybridized carbons (Fsp3) is 0.615. The predicted octanol–water partition coefficient (Wildman–Crippen LogP) is 3.68. The van der Waals surface area contributed by atoms with E-state index in [4.69, 9.17) is 12.2 Å². The number of aromatic amines is 1. The monoisotopic (exact) mass is 236 g/mol. The van der Waals surface area contributed by atoms with Gasteiger partial charge in [-0.3, -0.25) is 4.90 Å². The molecule has 0 radical (unpaired) electrons. The van der Waals surface area contributed by atoms with E-state index in [1.165, 1.54) is 44.3 Å². The molecule has 0 amide bonds. The van der Waals surface area contributed by atoms with Crippen LogP contribution in [0.4, 0.5) is 0 Å². The van der Waals surface area contributed by atoms with Gasteiger partial charge in [0.15, 0.2) is 0 Å². The van der Waals surface area contributed by atoms with Crippen molar-refractivity contribution < 1.29 is 0 Å². The summed E-state index contributed by atoms with van der Waals surface area (Å²) in [6, 6.07) is 4.78. The molecule has 1 fully saturated rings. The van der Waals surface area contributed by atoms with Gasteiger partial charge in [-0.1, -0.05) is 31.6 Å². The molecule has 0 aliphatic carbocycles. The van der Waals surface area contributed by atoms with Crippen molar-refractivity contribution in [3.63, 3.8) is 0 Å². The molecule has 1 aromatic rings. The molecule has 0 spiro atoms. The van der Waals surface area contributed by atoms with Crippen LogP contribution in [0.2, 0.25) is 0 Å². The zero-order valence-electron chi connectivity index (χ0n) is 9.91. The Morgan fingerprint density at radius 2 is 2.31 bits per heavy atom. The Labute approximate surface area is 103 Å². The van der Waals surface area contributed by atoms with E-state index >= 15 is 0 Å². The van der Waals surface area contributed by atoms with Crippen LogP contribution in [-0.4, -0.2) is 23.0 Å². The van der Waals surface area contributed by atoms with E-state index in [9.17, 15) is 0 Å². The molecule has 1 atom stereocenters. The molecule has 88 valence electrons. The van der Waals surface area contributed by atoms with Gasteiger partial charge in [-0.2, -0.15) is 0 Å². The number of hydrogen-bond donors (Lipinski definition) is 1. The van der Waals surface area contributed by atoms with Crippen molar-refractivity contribution >= 4 is 12.2 Å². The molecular weight excluding hydrogens is 216 g/mol. The van der Waals surface area contributed by atoms with Gasteiger partial charge < -0.3 is 4.98 Å². The van der Waals surface area contributed by atoms with E-state index in [0.717, 1.165) is 4.64 Å². The molecule has 1 unspecified atom stereocenters. The Morgan fingerprint density at radius 3 is 3.00 bits per heavy atom. The van der Waals surface area contributed by atoms with Crippen molar-refractivity contribution in [2.24, 2.45) is 0 Å². The average molecular weight is 236 g/mol. The number of likely N-dealkylation sites (tertiary alicyclic amines) is 1. The first-order valence-electron chi connectivity index (χ1n) is 6.24. The summed E-state index contributed by atoms with van der Waals surface area (Å²) in [4.78, 5) is 5.75. The Morgan fingerprint density at radius 1 is 1.44 bits per heavy atom. The van der Waals surface area contributed by atoms with Crippen molar-refractivity contribution in [2.45, 2.75) is 38.6 Å². The predicted molar refractivity (Wildman–Crippen MR) is 70.1 cm³/mol. The van der Waals surface area contributed by atoms with Crippen LogP contribution >= 0.6 is 12.2 Å². The van der Waals surface area contributed by atoms with Crippen molar-refractivity contribution in [1.29, 1.82) is 0 Å². The molecule has 1 N–H and O–H groups in total. The second-order valence-corrected chi connectivity index (χ2v) is 4.97. The van der Waals surface area contributed by atoms with Gasteiger partial charge in [0.1, 0.15) is 4.64 Å². The lowest BCUT2D eigenvalue weighted by atomic mass is 9.96. The van der Waals surface area contributed by atoms with Crippen molar-refractivity contribution in [3.8, 4) is 0 Å². The third-order valence-corrected chi connectivity index (χ3v) is 3.57. The molecule has 2 nitrogen and oxygen atoms in total. The number of nitrogens with one attached hydrogen (secondary N) is 1. The highest BCUT2D eigenvalue weighted by atomic mass is 32.1. The van der Waals surface area contributed by atoms with Crippen LogP contribution in [0.1, 0.15) is 44.2 Å². The third-order valence-electron chi connectivity index (χ3n) is 3.32. The first kappa shape index (κ1) is 11.8. The maximum atomic E-state index is 5.08. The number of H-pyrrole nitrogens is 1. The Bertz CT molecular complexity index is 363. The molecule has 1 aliphatic heterocycles. The topological polar surface area (TPSA) is 19.0 Å². The van der Waals surface area contributed by atoms with Crippen LogP contribution in [0.25, 0.3) is 0 Å². The number of piperidine rings is 1. The molecular formula is C13H20N2S. The normalized spacial score (nSPS) is 22.2. The van der Waals surface area contributed by atoms with Gasteiger partial charge in [-0.05, 0) is 44.0 Å². The minimum atomic E-state index is 0.598. The standard InChI is InChI=1S/C13H20N2S/c1-2-8-15-9-4-3-5-12(15)11-6-7-13(16)14-10-11/h6-7,10,12H,2-5,8-9H2,1H3,(H,14,16). The quantitative estimate of drug-likeness (QED) is 0.807. The van der Waals surface area contributed by atoms with Gasteiger partial charge in [0.2, 0.25) is 0 Å². The smallest absolute Gasteiger partial charge is 0.103 e. The zero-order chi connectivity index (χ0) is 11.4. The van der Waals surface area contributed by atoms with E-state index in [0.29, 0.717) is 6.04 Å². The van der Waals surface area contributed by atoms with Gasteiger partial charge in [-0.15, -0.1) is 0 Å². The van der Waals surface area contributed by atoms with Gasteiger partial charge in [0.05, 0.1) is 0 Å². The van der Waals surface area contributed by atoms with Gasteiger partial charge in [-0.25, -0.2) is 0 Å². The lowest BCUT2D eigenvalue weighted by molar-refractivity contribution is 0.149. The lowest BCUT2D eigenvalue weighted by Crippen LogP contribution is -2.34. The van der Waals surface area contributed by atoms with Crippen LogP contribution in [0, 0.1) is 4.64 Å². The maximum Gasteiger partial charge on any atom is 0.103 e. The number of pyridine rings is 1. The summed E-state index contributed by atoms with van der Waals surface area (Å²) in [7, 11) is 0. The number of rotatable bonds is 3. The second kappa shape index (κ2) is 5.60. The van der Waals surface area contributed by atoms with Gasteiger partial charge in [0.25, 0.3) is 0 Å². The minimum Gasteiger partial charge on any atom is -0.353 e. The van der Waals surface area contributed by atoms with E-state index in [1.807, 2.05) is 6.07 Å². The number of aromatic nitrogens is 1. The molecule has 2 rings (SSSR count). The first-order chi connectivity index (χ1) is 7.81. The summed E-state index contributed by atoms with van der Waals surface area (Å²) < 4.78 is 0.821. The summed E-state index contributed by atoms with van der Waals surface area (Å²) in [5.41, 5.74) is 1.39. The van der Waals surface area contributed by atoms with Crippen molar-refractivity contribution in [3.05, 3.63) is 28.5 Å². The molecule has 0 aromatic carbocycles. The lowest BCUT2D eigenvalue weighted by Gasteiger charge is -2.35. The average Bonchev–Trinajstić information content (AvgIpc) is 2.32. The first-order valence-corrected chi connectivity index (χ1v) is 6.65. The fourth-order valence-corrected chi connectivity index (χ4v) is 2.68. The van der Waals surface area contributed by atoms with Crippen LogP contribution < -0.4 is 0 Å². The van der Waals surface area contributed by atoms with Gasteiger partial charge >= 0.3 is 0 Å². The van der Waals surface area contributed by atoms with Crippen molar-refractivity contribution in [2.75, 3.05) is 13.1 Å². The Hall–Kier alpha value is -0.670. The summed E-state index contributed by atoms with van der Waals surface area (Å²) in [5, 5.41) is 0. The molecule has 16 heavy (non-hydrogen) atoms. The van der Waals surface area contributed by atoms with Crippen LogP contribution in [-0.2, 0) is 0 Å². The number of hydrogen-bond acceptors (Lipinski definition) is 2. The highest BCUT2D eigenvalue weighted by Crippen LogP contribution is 2.30. The fourth-order valence-electron chi connectivity index (χ4n) is 2.55. The van der Waals surface area contributed by atoms with Crippen LogP contribution in [0.15, 0.2) is 18.3 Å². The Balaban J connectivity index is 2.16. The summed E-state index contributed by atoms with van der Waals surface area (Å²) >= 11 is 5.08. The molecule has 1 aromatic heterocycles. The molecule has 1 aliphatic rings. The second-order valence-electron chi connectivity index (χ2n) is 4.53. The number of nitrogens with zero attached hydrogens (tertiary/aromatic N) is 1. The van der Waals surface area contributed by atoms with E-state index in [2.05, 4.69) is 29.1 Å². The largest absolute Gasteiger partial charge is 0.353 e.